The summed E-state index contributed by atoms with van der Waals surface area (Å²) < 4.78 is 5.83. The maximum absolute atomic E-state index is 11.8. The Morgan fingerprint density at radius 3 is 2.74 bits per heavy atom. The Labute approximate surface area is 137 Å². The van der Waals surface area contributed by atoms with Crippen molar-refractivity contribution in [1.29, 1.82) is 0 Å². The molecule has 2 aromatic rings. The van der Waals surface area contributed by atoms with Crippen LogP contribution in [0.2, 0.25) is 0 Å². The Kier molecular flexibility index (Phi) is 6.63. The molecule has 2 N–H and O–H groups in total. The number of ether oxygens (including phenoxy) is 1. The molecular formula is C19H24N2O2. The lowest BCUT2D eigenvalue weighted by atomic mass is 10.1. The number of hydrogen-bond donors (Lipinski definition) is 2. The molecule has 0 aliphatic rings. The van der Waals surface area contributed by atoms with Gasteiger partial charge in [-0.25, -0.2) is 0 Å². The summed E-state index contributed by atoms with van der Waals surface area (Å²) in [7, 11) is 1.88. The summed E-state index contributed by atoms with van der Waals surface area (Å²) in [5, 5.41) is 5.94. The zero-order valence-corrected chi connectivity index (χ0v) is 13.8. The van der Waals surface area contributed by atoms with E-state index in [2.05, 4.69) is 29.7 Å². The van der Waals surface area contributed by atoms with Crippen LogP contribution in [0.3, 0.4) is 0 Å². The molecule has 0 aliphatic carbocycles. The van der Waals surface area contributed by atoms with E-state index in [0.29, 0.717) is 13.0 Å². The average Bonchev–Trinajstić information content (AvgIpc) is 2.55. The highest BCUT2D eigenvalue weighted by molar-refractivity contribution is 5.90. The predicted octanol–water partition coefficient (Wildman–Crippen LogP) is 3.51. The number of rotatable bonds is 8. The van der Waals surface area contributed by atoms with Gasteiger partial charge in [0.2, 0.25) is 5.91 Å². The molecule has 2 rings (SSSR count). The smallest absolute Gasteiger partial charge is 0.224 e. The van der Waals surface area contributed by atoms with Crippen LogP contribution in [0.15, 0.2) is 48.5 Å². The first-order valence-corrected chi connectivity index (χ1v) is 7.91. The molecule has 0 unspecified atom stereocenters. The molecule has 4 heteroatoms. The van der Waals surface area contributed by atoms with Crippen molar-refractivity contribution in [3.63, 3.8) is 0 Å². The van der Waals surface area contributed by atoms with Crippen LogP contribution in [0, 0.1) is 6.92 Å². The van der Waals surface area contributed by atoms with E-state index in [-0.39, 0.29) is 5.91 Å². The van der Waals surface area contributed by atoms with Crippen LogP contribution in [-0.2, 0) is 11.4 Å². The minimum atomic E-state index is 0.0244. The minimum absolute atomic E-state index is 0.0244. The van der Waals surface area contributed by atoms with E-state index in [0.717, 1.165) is 30.0 Å². The van der Waals surface area contributed by atoms with E-state index in [1.54, 1.807) is 0 Å². The topological polar surface area (TPSA) is 50.4 Å². The molecule has 0 heterocycles. The normalized spacial score (nSPS) is 10.3. The Hall–Kier alpha value is -2.33. The van der Waals surface area contributed by atoms with Gasteiger partial charge in [-0.3, -0.25) is 4.79 Å². The van der Waals surface area contributed by atoms with Crippen LogP contribution >= 0.6 is 0 Å². The highest BCUT2D eigenvalue weighted by Crippen LogP contribution is 2.19. The monoisotopic (exact) mass is 312 g/mol. The van der Waals surface area contributed by atoms with Crippen LogP contribution in [0.1, 0.15) is 24.0 Å². The highest BCUT2D eigenvalue weighted by Gasteiger charge is 2.04. The molecule has 23 heavy (non-hydrogen) atoms. The predicted molar refractivity (Wildman–Crippen MR) is 93.7 cm³/mol. The average molecular weight is 312 g/mol. The van der Waals surface area contributed by atoms with E-state index in [1.807, 2.05) is 43.4 Å². The summed E-state index contributed by atoms with van der Waals surface area (Å²) in [6.45, 7) is 3.43. The lowest BCUT2D eigenvalue weighted by Crippen LogP contribution is -2.15. The number of carbonyl (C=O) groups is 1. The molecule has 0 fully saturated rings. The van der Waals surface area contributed by atoms with E-state index in [9.17, 15) is 4.79 Å². The Bertz CT molecular complexity index is 641. The maximum Gasteiger partial charge on any atom is 0.224 e. The fourth-order valence-electron chi connectivity index (χ4n) is 2.25. The third kappa shape index (κ3) is 5.75. The standard InChI is InChI=1S/C19H24N2O2/c1-15-7-3-4-8-16(15)14-23-18-10-5-9-17(13-18)21-19(22)11-6-12-20-2/h3-5,7-10,13,20H,6,11-12,14H2,1-2H3,(H,21,22). The minimum Gasteiger partial charge on any atom is -0.489 e. The molecule has 0 aliphatic heterocycles. The summed E-state index contributed by atoms with van der Waals surface area (Å²) in [6, 6.07) is 15.7. The summed E-state index contributed by atoms with van der Waals surface area (Å²) >= 11 is 0. The first kappa shape index (κ1) is 17.0. The SMILES string of the molecule is CNCCCC(=O)Nc1cccc(OCc2ccccc2C)c1. The molecular weight excluding hydrogens is 288 g/mol. The number of nitrogens with one attached hydrogen (secondary N) is 2. The molecule has 0 atom stereocenters. The van der Waals surface area contributed by atoms with Gasteiger partial charge in [0.1, 0.15) is 12.4 Å². The highest BCUT2D eigenvalue weighted by atomic mass is 16.5. The van der Waals surface area contributed by atoms with Gasteiger partial charge in [0, 0.05) is 18.2 Å². The quantitative estimate of drug-likeness (QED) is 0.733. The molecule has 4 nitrogen and oxygen atoms in total. The first-order valence-electron chi connectivity index (χ1n) is 7.91. The van der Waals surface area contributed by atoms with Gasteiger partial charge in [-0.05, 0) is 50.2 Å². The number of carbonyl (C=O) groups excluding carboxylic acids is 1. The van der Waals surface area contributed by atoms with Crippen LogP contribution in [-0.4, -0.2) is 19.5 Å². The van der Waals surface area contributed by atoms with Gasteiger partial charge in [-0.2, -0.15) is 0 Å². The fourth-order valence-corrected chi connectivity index (χ4v) is 2.25. The van der Waals surface area contributed by atoms with Crippen LogP contribution < -0.4 is 15.4 Å². The number of anilines is 1. The lowest BCUT2D eigenvalue weighted by Gasteiger charge is -2.10. The second-order valence-corrected chi connectivity index (χ2v) is 5.50. The molecule has 0 spiro atoms. The van der Waals surface area contributed by atoms with Gasteiger partial charge in [0.25, 0.3) is 0 Å². The lowest BCUT2D eigenvalue weighted by molar-refractivity contribution is -0.116. The van der Waals surface area contributed by atoms with E-state index < -0.39 is 0 Å². The molecule has 122 valence electrons. The number of aryl methyl sites for hydroxylation is 1. The maximum atomic E-state index is 11.8. The van der Waals surface area contributed by atoms with Gasteiger partial charge in [0.05, 0.1) is 0 Å². The Balaban J connectivity index is 1.89. The molecule has 0 radical (unpaired) electrons. The van der Waals surface area contributed by atoms with Crippen molar-refractivity contribution in [2.75, 3.05) is 18.9 Å². The van der Waals surface area contributed by atoms with Crippen molar-refractivity contribution in [2.45, 2.75) is 26.4 Å². The van der Waals surface area contributed by atoms with Crippen molar-refractivity contribution in [2.24, 2.45) is 0 Å². The third-order valence-electron chi connectivity index (χ3n) is 3.60. The first-order chi connectivity index (χ1) is 11.2. The summed E-state index contributed by atoms with van der Waals surface area (Å²) in [4.78, 5) is 11.8. The third-order valence-corrected chi connectivity index (χ3v) is 3.60. The second-order valence-electron chi connectivity index (χ2n) is 5.50. The molecule has 0 bridgehead atoms. The van der Waals surface area contributed by atoms with E-state index in [4.69, 9.17) is 4.74 Å². The molecule has 2 aromatic carbocycles. The van der Waals surface area contributed by atoms with Gasteiger partial charge in [0.15, 0.2) is 0 Å². The van der Waals surface area contributed by atoms with E-state index >= 15 is 0 Å². The van der Waals surface area contributed by atoms with Crippen molar-refractivity contribution < 1.29 is 9.53 Å². The second kappa shape index (κ2) is 8.96. The van der Waals surface area contributed by atoms with Crippen LogP contribution in [0.4, 0.5) is 5.69 Å². The van der Waals surface area contributed by atoms with Crippen molar-refractivity contribution >= 4 is 11.6 Å². The van der Waals surface area contributed by atoms with Crippen LogP contribution in [0.25, 0.3) is 0 Å². The summed E-state index contributed by atoms with van der Waals surface area (Å²) in [5.74, 6) is 0.776. The van der Waals surface area contributed by atoms with Crippen LogP contribution in [0.5, 0.6) is 5.75 Å². The molecule has 0 aromatic heterocycles. The molecule has 0 saturated heterocycles. The number of amides is 1. The molecule has 1 amide bonds. The summed E-state index contributed by atoms with van der Waals surface area (Å²) in [6.07, 6.45) is 1.33. The van der Waals surface area contributed by atoms with Crippen molar-refractivity contribution in [1.82, 2.24) is 5.32 Å². The zero-order valence-electron chi connectivity index (χ0n) is 13.8. The van der Waals surface area contributed by atoms with E-state index in [1.165, 1.54) is 5.56 Å². The largest absolute Gasteiger partial charge is 0.489 e. The zero-order chi connectivity index (χ0) is 16.5. The Morgan fingerprint density at radius 1 is 1.13 bits per heavy atom. The molecule has 0 saturated carbocycles. The van der Waals surface area contributed by atoms with Gasteiger partial charge < -0.3 is 15.4 Å². The summed E-state index contributed by atoms with van der Waals surface area (Å²) in [5.41, 5.74) is 3.14. The number of benzene rings is 2. The van der Waals surface area contributed by atoms with Gasteiger partial charge in [-0.1, -0.05) is 30.3 Å². The van der Waals surface area contributed by atoms with Crippen molar-refractivity contribution in [3.05, 3.63) is 59.7 Å². The van der Waals surface area contributed by atoms with Crippen molar-refractivity contribution in [3.8, 4) is 5.75 Å². The van der Waals surface area contributed by atoms with Gasteiger partial charge >= 0.3 is 0 Å². The fraction of sp³-hybridized carbons (Fsp3) is 0.316. The number of hydrogen-bond acceptors (Lipinski definition) is 3. The Morgan fingerprint density at radius 2 is 1.96 bits per heavy atom. The van der Waals surface area contributed by atoms with Gasteiger partial charge in [-0.15, -0.1) is 0 Å².